The normalized spacial score (nSPS) is 10.7. The molecule has 2 rings (SSSR count). The molecular weight excluding hydrogens is 276 g/mol. The van der Waals surface area contributed by atoms with Crippen LogP contribution in [-0.2, 0) is 6.54 Å². The lowest BCUT2D eigenvalue weighted by Gasteiger charge is -2.14. The highest BCUT2D eigenvalue weighted by Gasteiger charge is 2.06. The van der Waals surface area contributed by atoms with Gasteiger partial charge in [0, 0.05) is 35.8 Å². The van der Waals surface area contributed by atoms with Gasteiger partial charge < -0.3 is 14.6 Å². The summed E-state index contributed by atoms with van der Waals surface area (Å²) >= 11 is 0. The van der Waals surface area contributed by atoms with Crippen molar-refractivity contribution in [1.82, 2.24) is 9.88 Å². The van der Waals surface area contributed by atoms with E-state index in [1.165, 1.54) is 0 Å². The highest BCUT2D eigenvalue weighted by molar-refractivity contribution is 5.39. The molecular formula is C18H24N2O2. The molecule has 1 aromatic heterocycles. The SMILES string of the molecule is CCCNCc1cn(-c2ccc(OCC)cc2)c(C)cc1=O. The molecule has 0 aliphatic heterocycles. The van der Waals surface area contributed by atoms with Crippen LogP contribution in [0.5, 0.6) is 5.75 Å². The van der Waals surface area contributed by atoms with E-state index < -0.39 is 0 Å². The van der Waals surface area contributed by atoms with E-state index in [-0.39, 0.29) is 5.43 Å². The number of pyridine rings is 1. The first-order chi connectivity index (χ1) is 10.7. The Hall–Kier alpha value is -2.07. The van der Waals surface area contributed by atoms with E-state index in [1.54, 1.807) is 6.07 Å². The Bertz CT molecular complexity index is 660. The van der Waals surface area contributed by atoms with Crippen LogP contribution in [0.15, 0.2) is 41.3 Å². The maximum atomic E-state index is 12.1. The number of nitrogens with zero attached hydrogens (tertiary/aromatic N) is 1. The topological polar surface area (TPSA) is 43.3 Å². The Labute approximate surface area is 131 Å². The molecule has 0 aliphatic rings. The van der Waals surface area contributed by atoms with Crippen molar-refractivity contribution in [3.05, 3.63) is 58.0 Å². The number of aromatic nitrogens is 1. The van der Waals surface area contributed by atoms with Gasteiger partial charge in [0.2, 0.25) is 0 Å². The summed E-state index contributed by atoms with van der Waals surface area (Å²) in [5.74, 6) is 0.856. The molecule has 1 aromatic carbocycles. The van der Waals surface area contributed by atoms with E-state index in [0.717, 1.165) is 35.7 Å². The Morgan fingerprint density at radius 2 is 1.91 bits per heavy atom. The van der Waals surface area contributed by atoms with Crippen LogP contribution < -0.4 is 15.5 Å². The number of ether oxygens (including phenoxy) is 1. The van der Waals surface area contributed by atoms with Gasteiger partial charge in [-0.3, -0.25) is 4.79 Å². The number of hydrogen-bond acceptors (Lipinski definition) is 3. The lowest BCUT2D eigenvalue weighted by molar-refractivity contribution is 0.340. The van der Waals surface area contributed by atoms with Crippen molar-refractivity contribution in [2.75, 3.05) is 13.2 Å². The van der Waals surface area contributed by atoms with Crippen molar-refractivity contribution in [1.29, 1.82) is 0 Å². The molecule has 22 heavy (non-hydrogen) atoms. The summed E-state index contributed by atoms with van der Waals surface area (Å²) in [4.78, 5) is 12.1. The van der Waals surface area contributed by atoms with Gasteiger partial charge in [-0.1, -0.05) is 6.92 Å². The molecule has 0 amide bonds. The fourth-order valence-corrected chi connectivity index (χ4v) is 2.35. The van der Waals surface area contributed by atoms with Gasteiger partial charge >= 0.3 is 0 Å². The first-order valence-corrected chi connectivity index (χ1v) is 7.81. The molecule has 0 fully saturated rings. The van der Waals surface area contributed by atoms with E-state index in [2.05, 4.69) is 12.2 Å². The first kappa shape index (κ1) is 16.3. The molecule has 4 heteroatoms. The monoisotopic (exact) mass is 300 g/mol. The average Bonchev–Trinajstić information content (AvgIpc) is 2.51. The van der Waals surface area contributed by atoms with E-state index in [1.807, 2.05) is 48.9 Å². The highest BCUT2D eigenvalue weighted by atomic mass is 16.5. The fraction of sp³-hybridized carbons (Fsp3) is 0.389. The molecule has 0 unspecified atom stereocenters. The summed E-state index contributed by atoms with van der Waals surface area (Å²) < 4.78 is 7.51. The third kappa shape index (κ3) is 3.98. The number of nitrogens with one attached hydrogen (secondary N) is 1. The van der Waals surface area contributed by atoms with E-state index in [4.69, 9.17) is 4.74 Å². The van der Waals surface area contributed by atoms with Gasteiger partial charge in [-0.15, -0.1) is 0 Å². The number of aryl methyl sites for hydroxylation is 1. The van der Waals surface area contributed by atoms with Gasteiger partial charge in [0.1, 0.15) is 5.75 Å². The standard InChI is InChI=1S/C18H24N2O2/c1-4-10-19-12-15-13-20(14(3)11-18(15)21)16-6-8-17(9-7-16)22-5-2/h6-9,11,13,19H,4-5,10,12H2,1-3H3. The lowest BCUT2D eigenvalue weighted by Crippen LogP contribution is -2.22. The Morgan fingerprint density at radius 3 is 2.55 bits per heavy atom. The summed E-state index contributed by atoms with van der Waals surface area (Å²) in [5, 5.41) is 3.28. The molecule has 118 valence electrons. The second-order valence-corrected chi connectivity index (χ2v) is 5.28. The van der Waals surface area contributed by atoms with Crippen molar-refractivity contribution < 1.29 is 4.74 Å². The molecule has 1 heterocycles. The molecule has 0 saturated heterocycles. The zero-order valence-electron chi connectivity index (χ0n) is 13.6. The van der Waals surface area contributed by atoms with Gasteiger partial charge in [0.15, 0.2) is 5.43 Å². The Kier molecular flexibility index (Phi) is 5.78. The predicted octanol–water partition coefficient (Wildman–Crippen LogP) is 3.04. The smallest absolute Gasteiger partial charge is 0.186 e. The number of hydrogen-bond donors (Lipinski definition) is 1. The minimum Gasteiger partial charge on any atom is -0.494 e. The summed E-state index contributed by atoms with van der Waals surface area (Å²) in [6, 6.07) is 9.60. The average molecular weight is 300 g/mol. The molecule has 1 N–H and O–H groups in total. The van der Waals surface area contributed by atoms with Crippen LogP contribution in [0.2, 0.25) is 0 Å². The summed E-state index contributed by atoms with van der Waals surface area (Å²) in [6.45, 7) is 8.20. The summed E-state index contributed by atoms with van der Waals surface area (Å²) in [5.41, 5.74) is 2.82. The second kappa shape index (κ2) is 7.80. The predicted molar refractivity (Wildman–Crippen MR) is 89.9 cm³/mol. The minimum atomic E-state index is 0.0864. The molecule has 4 nitrogen and oxygen atoms in total. The van der Waals surface area contributed by atoms with E-state index >= 15 is 0 Å². The minimum absolute atomic E-state index is 0.0864. The molecule has 0 radical (unpaired) electrons. The van der Waals surface area contributed by atoms with Crippen LogP contribution in [0.25, 0.3) is 5.69 Å². The van der Waals surface area contributed by atoms with Crippen molar-refractivity contribution in [3.8, 4) is 11.4 Å². The third-order valence-corrected chi connectivity index (χ3v) is 3.49. The van der Waals surface area contributed by atoms with E-state index in [0.29, 0.717) is 13.2 Å². The van der Waals surface area contributed by atoms with Gasteiger partial charge in [0.05, 0.1) is 6.61 Å². The third-order valence-electron chi connectivity index (χ3n) is 3.49. The van der Waals surface area contributed by atoms with Crippen molar-refractivity contribution in [3.63, 3.8) is 0 Å². The molecule has 0 saturated carbocycles. The van der Waals surface area contributed by atoms with Gasteiger partial charge in [-0.2, -0.15) is 0 Å². The van der Waals surface area contributed by atoms with Gasteiger partial charge in [-0.05, 0) is 51.1 Å². The molecule has 0 spiro atoms. The highest BCUT2D eigenvalue weighted by Crippen LogP contribution is 2.16. The molecule has 2 aromatic rings. The fourth-order valence-electron chi connectivity index (χ4n) is 2.35. The zero-order valence-corrected chi connectivity index (χ0v) is 13.6. The number of benzene rings is 1. The molecule has 0 atom stereocenters. The van der Waals surface area contributed by atoms with Crippen LogP contribution in [0.1, 0.15) is 31.5 Å². The van der Waals surface area contributed by atoms with Gasteiger partial charge in [-0.25, -0.2) is 0 Å². The van der Waals surface area contributed by atoms with Crippen molar-refractivity contribution >= 4 is 0 Å². The van der Waals surface area contributed by atoms with Crippen LogP contribution >= 0.6 is 0 Å². The Balaban J connectivity index is 2.29. The van der Waals surface area contributed by atoms with Crippen molar-refractivity contribution in [2.45, 2.75) is 33.7 Å². The Morgan fingerprint density at radius 1 is 1.18 bits per heavy atom. The van der Waals surface area contributed by atoms with Crippen LogP contribution in [0, 0.1) is 6.92 Å². The van der Waals surface area contributed by atoms with E-state index in [9.17, 15) is 4.79 Å². The molecule has 0 bridgehead atoms. The van der Waals surface area contributed by atoms with Crippen LogP contribution in [-0.4, -0.2) is 17.7 Å². The van der Waals surface area contributed by atoms with Crippen LogP contribution in [0.3, 0.4) is 0 Å². The summed E-state index contributed by atoms with van der Waals surface area (Å²) in [6.07, 6.45) is 2.98. The lowest BCUT2D eigenvalue weighted by atomic mass is 10.2. The molecule has 0 aliphatic carbocycles. The van der Waals surface area contributed by atoms with Gasteiger partial charge in [0.25, 0.3) is 0 Å². The maximum Gasteiger partial charge on any atom is 0.186 e. The summed E-state index contributed by atoms with van der Waals surface area (Å²) in [7, 11) is 0. The quantitative estimate of drug-likeness (QED) is 0.799. The number of rotatable bonds is 7. The first-order valence-electron chi connectivity index (χ1n) is 7.81. The maximum absolute atomic E-state index is 12.1. The van der Waals surface area contributed by atoms with Crippen molar-refractivity contribution in [2.24, 2.45) is 0 Å². The largest absolute Gasteiger partial charge is 0.494 e. The second-order valence-electron chi connectivity index (χ2n) is 5.28. The van der Waals surface area contributed by atoms with Crippen LogP contribution in [0.4, 0.5) is 0 Å². The zero-order chi connectivity index (χ0) is 15.9.